The van der Waals surface area contributed by atoms with Gasteiger partial charge in [0.2, 0.25) is 5.91 Å². The van der Waals surface area contributed by atoms with Gasteiger partial charge >= 0.3 is 5.97 Å². The summed E-state index contributed by atoms with van der Waals surface area (Å²) in [5.74, 6) is -1.74. The highest BCUT2D eigenvalue weighted by Crippen LogP contribution is 2.24. The molecule has 0 heterocycles. The maximum Gasteiger partial charge on any atom is 0.340 e. The second-order valence-electron chi connectivity index (χ2n) is 3.06. The fourth-order valence-corrected chi connectivity index (χ4v) is 1.29. The van der Waals surface area contributed by atoms with Crippen molar-refractivity contribution in [3.63, 3.8) is 0 Å². The SMILES string of the molecule is CC[C@H](C)[C@](S)(NC(C)=O)C(=O)O. The van der Waals surface area contributed by atoms with E-state index in [1.165, 1.54) is 6.92 Å². The van der Waals surface area contributed by atoms with E-state index in [1.807, 2.05) is 6.92 Å². The van der Waals surface area contributed by atoms with Crippen molar-refractivity contribution in [1.29, 1.82) is 0 Å². The minimum absolute atomic E-state index is 0.225. The van der Waals surface area contributed by atoms with Crippen molar-refractivity contribution in [2.75, 3.05) is 0 Å². The van der Waals surface area contributed by atoms with Gasteiger partial charge in [0.05, 0.1) is 0 Å². The van der Waals surface area contributed by atoms with Gasteiger partial charge in [-0.1, -0.05) is 13.8 Å². The minimum atomic E-state index is -1.46. The number of thiol groups is 1. The lowest BCUT2D eigenvalue weighted by atomic mass is 9.98. The van der Waals surface area contributed by atoms with Crippen LogP contribution >= 0.6 is 12.6 Å². The topological polar surface area (TPSA) is 66.4 Å². The monoisotopic (exact) mass is 205 g/mol. The van der Waals surface area contributed by atoms with E-state index in [-0.39, 0.29) is 5.92 Å². The third-order valence-electron chi connectivity index (χ3n) is 2.02. The van der Waals surface area contributed by atoms with Crippen molar-refractivity contribution in [3.05, 3.63) is 0 Å². The zero-order valence-corrected chi connectivity index (χ0v) is 8.89. The second kappa shape index (κ2) is 4.50. The third-order valence-corrected chi connectivity index (χ3v) is 2.76. The fourth-order valence-electron chi connectivity index (χ4n) is 0.951. The van der Waals surface area contributed by atoms with Gasteiger partial charge in [-0.15, -0.1) is 12.6 Å². The van der Waals surface area contributed by atoms with Crippen LogP contribution in [-0.4, -0.2) is 21.9 Å². The number of carboxylic acid groups (broad SMARTS) is 1. The highest BCUT2D eigenvalue weighted by Gasteiger charge is 2.40. The fraction of sp³-hybridized carbons (Fsp3) is 0.750. The quantitative estimate of drug-likeness (QED) is 0.471. The minimum Gasteiger partial charge on any atom is -0.479 e. The van der Waals surface area contributed by atoms with Crippen molar-refractivity contribution in [1.82, 2.24) is 5.32 Å². The van der Waals surface area contributed by atoms with Crippen LogP contribution in [0.3, 0.4) is 0 Å². The average molecular weight is 205 g/mol. The molecule has 0 radical (unpaired) electrons. The Morgan fingerprint density at radius 3 is 2.31 bits per heavy atom. The van der Waals surface area contributed by atoms with Crippen molar-refractivity contribution in [2.24, 2.45) is 5.92 Å². The lowest BCUT2D eigenvalue weighted by Gasteiger charge is -2.30. The number of carbonyl (C=O) groups is 2. The average Bonchev–Trinajstić information content (AvgIpc) is 2.01. The van der Waals surface area contributed by atoms with Gasteiger partial charge in [0.15, 0.2) is 4.87 Å². The predicted molar refractivity (Wildman–Crippen MR) is 52.6 cm³/mol. The summed E-state index contributed by atoms with van der Waals surface area (Å²) in [6.07, 6.45) is 0.635. The molecule has 0 saturated carbocycles. The maximum atomic E-state index is 10.9. The summed E-state index contributed by atoms with van der Waals surface area (Å²) in [5, 5.41) is 11.2. The first-order valence-electron chi connectivity index (χ1n) is 4.09. The lowest BCUT2D eigenvalue weighted by molar-refractivity contribution is -0.144. The van der Waals surface area contributed by atoms with Crippen molar-refractivity contribution < 1.29 is 14.7 Å². The molecule has 0 aliphatic rings. The van der Waals surface area contributed by atoms with Gasteiger partial charge < -0.3 is 10.4 Å². The zero-order chi connectivity index (χ0) is 10.6. The Balaban J connectivity index is 4.72. The Bertz CT molecular complexity index is 219. The summed E-state index contributed by atoms with van der Waals surface area (Å²) in [7, 11) is 0. The molecule has 0 aromatic heterocycles. The lowest BCUT2D eigenvalue weighted by Crippen LogP contribution is -2.53. The Hall–Kier alpha value is -0.710. The Morgan fingerprint density at radius 2 is 2.08 bits per heavy atom. The maximum absolute atomic E-state index is 10.9. The molecule has 2 N–H and O–H groups in total. The molecule has 0 bridgehead atoms. The molecule has 0 aromatic carbocycles. The molecule has 0 aliphatic carbocycles. The van der Waals surface area contributed by atoms with Crippen molar-refractivity contribution >= 4 is 24.5 Å². The molecule has 0 unspecified atom stereocenters. The number of amides is 1. The number of aliphatic carboxylic acids is 1. The molecule has 76 valence electrons. The van der Waals surface area contributed by atoms with Crippen molar-refractivity contribution in [2.45, 2.75) is 32.1 Å². The summed E-state index contributed by atoms with van der Waals surface area (Å²) in [5.41, 5.74) is 0. The van der Waals surface area contributed by atoms with Gasteiger partial charge in [0.1, 0.15) is 0 Å². The van der Waals surface area contributed by atoms with E-state index in [4.69, 9.17) is 5.11 Å². The van der Waals surface area contributed by atoms with Crippen LogP contribution in [0.5, 0.6) is 0 Å². The third kappa shape index (κ3) is 2.91. The van der Waals surface area contributed by atoms with Crippen LogP contribution in [0.2, 0.25) is 0 Å². The van der Waals surface area contributed by atoms with Crippen LogP contribution < -0.4 is 5.32 Å². The van der Waals surface area contributed by atoms with E-state index in [0.717, 1.165) is 0 Å². The largest absolute Gasteiger partial charge is 0.479 e. The molecule has 0 aliphatic heterocycles. The molecule has 2 atom stereocenters. The van der Waals surface area contributed by atoms with Gasteiger partial charge in [-0.2, -0.15) is 0 Å². The summed E-state index contributed by atoms with van der Waals surface area (Å²) in [4.78, 5) is 20.2. The summed E-state index contributed by atoms with van der Waals surface area (Å²) in [6.45, 7) is 4.85. The first-order valence-corrected chi connectivity index (χ1v) is 4.53. The van der Waals surface area contributed by atoms with Crippen molar-refractivity contribution in [3.8, 4) is 0 Å². The normalized spacial score (nSPS) is 17.2. The molecule has 5 heteroatoms. The molecule has 4 nitrogen and oxygen atoms in total. The van der Waals surface area contributed by atoms with Gasteiger partial charge in [-0.25, -0.2) is 4.79 Å². The van der Waals surface area contributed by atoms with Crippen LogP contribution in [0.4, 0.5) is 0 Å². The van der Waals surface area contributed by atoms with Gasteiger partial charge in [0.25, 0.3) is 0 Å². The smallest absolute Gasteiger partial charge is 0.340 e. The molecule has 0 aromatic rings. The first kappa shape index (κ1) is 12.3. The molecular weight excluding hydrogens is 190 g/mol. The number of carbonyl (C=O) groups excluding carboxylic acids is 1. The van der Waals surface area contributed by atoms with Crippen LogP contribution in [0.25, 0.3) is 0 Å². The Morgan fingerprint density at radius 1 is 1.62 bits per heavy atom. The van der Waals surface area contributed by atoms with Crippen LogP contribution in [0.1, 0.15) is 27.2 Å². The Kier molecular flexibility index (Phi) is 4.26. The van der Waals surface area contributed by atoms with Gasteiger partial charge in [-0.05, 0) is 12.3 Å². The van der Waals surface area contributed by atoms with Gasteiger partial charge in [-0.3, -0.25) is 4.79 Å². The molecule has 13 heavy (non-hydrogen) atoms. The number of rotatable bonds is 4. The summed E-state index contributed by atoms with van der Waals surface area (Å²) >= 11 is 4.00. The Labute approximate surface area is 83.1 Å². The molecule has 1 amide bonds. The summed E-state index contributed by atoms with van der Waals surface area (Å²) < 4.78 is 0. The van der Waals surface area contributed by atoms with E-state index >= 15 is 0 Å². The van der Waals surface area contributed by atoms with Crippen LogP contribution in [0.15, 0.2) is 0 Å². The highest BCUT2D eigenvalue weighted by atomic mass is 32.1. The predicted octanol–water partition coefficient (Wildman–Crippen LogP) is 0.879. The second-order valence-corrected chi connectivity index (χ2v) is 3.77. The molecule has 0 spiro atoms. The van der Waals surface area contributed by atoms with E-state index in [1.54, 1.807) is 6.92 Å². The number of hydrogen-bond donors (Lipinski definition) is 3. The number of carboxylic acids is 1. The van der Waals surface area contributed by atoms with Crippen LogP contribution in [-0.2, 0) is 9.59 Å². The first-order chi connectivity index (χ1) is 5.84. The van der Waals surface area contributed by atoms with E-state index in [0.29, 0.717) is 6.42 Å². The standard InChI is InChI=1S/C8H15NO3S/c1-4-5(2)8(13,7(11)12)9-6(3)10/h5,13H,4H2,1-3H3,(H,9,10)(H,11,12)/t5-,8+/m0/s1. The van der Waals surface area contributed by atoms with E-state index in [9.17, 15) is 9.59 Å². The number of nitrogens with one attached hydrogen (secondary N) is 1. The molecule has 0 fully saturated rings. The molecule has 0 saturated heterocycles. The van der Waals surface area contributed by atoms with E-state index in [2.05, 4.69) is 17.9 Å². The summed E-state index contributed by atoms with van der Waals surface area (Å²) in [6, 6.07) is 0. The van der Waals surface area contributed by atoms with E-state index < -0.39 is 16.7 Å². The van der Waals surface area contributed by atoms with Gasteiger partial charge in [0, 0.05) is 6.92 Å². The molecule has 0 rings (SSSR count). The number of hydrogen-bond acceptors (Lipinski definition) is 3. The zero-order valence-electron chi connectivity index (χ0n) is 8.00. The molecular formula is C8H15NO3S. The highest BCUT2D eigenvalue weighted by molar-refractivity contribution is 7.82. The van der Waals surface area contributed by atoms with Crippen LogP contribution in [0, 0.1) is 5.92 Å².